The van der Waals surface area contributed by atoms with Gasteiger partial charge in [-0.05, 0) is 299 Å². The summed E-state index contributed by atoms with van der Waals surface area (Å²) in [5.41, 5.74) is 1.63. The molecule has 0 aromatic carbocycles. The van der Waals surface area contributed by atoms with Crippen molar-refractivity contribution in [2.75, 3.05) is 0 Å². The van der Waals surface area contributed by atoms with E-state index < -0.39 is 0 Å². The summed E-state index contributed by atoms with van der Waals surface area (Å²) in [5.74, 6) is 44.9. The maximum absolute atomic E-state index is 2.85. The van der Waals surface area contributed by atoms with Gasteiger partial charge in [0.15, 0.2) is 0 Å². The van der Waals surface area contributed by atoms with E-state index >= 15 is 0 Å². The van der Waals surface area contributed by atoms with Gasteiger partial charge in [-0.2, -0.15) is 0 Å². The van der Waals surface area contributed by atoms with E-state index in [0.717, 1.165) is 153 Å². The van der Waals surface area contributed by atoms with Crippen LogP contribution in [0.1, 0.15) is 141 Å². The highest BCUT2D eigenvalue weighted by Crippen LogP contribution is 2.97. The molecule has 0 bridgehead atoms. The predicted octanol–water partition coefficient (Wildman–Crippen LogP) is 14.6. The number of fused-ring (bicyclic) bond motifs is 27. The Morgan fingerprint density at radius 1 is 0.460 bits per heavy atom. The van der Waals surface area contributed by atoms with Crippen LogP contribution in [0.15, 0.2) is 0 Å². The topological polar surface area (TPSA) is 0 Å². The van der Waals surface area contributed by atoms with Crippen LogP contribution in [0.2, 0.25) is 0 Å². The Bertz CT molecular complexity index is 1990. The van der Waals surface area contributed by atoms with Crippen molar-refractivity contribution in [2.24, 2.45) is 248 Å². The standard InChI is InChI=1S/C63H94/c1-13-14-62(15-16-62)61-30(11)45-49-52-55-56-53-50-47-41(28(9)44(47)48(50)51(53)54(56)57(55)58(52)59(49)60(45)61)25(6)31(12)63-21-38(63)46-34(20-37(46)63)26(7)39(22(2)3)35-18-24(5)40(35)27(8)33-19-36-42(29(10)43(33)36)32-17-23(32)4/h22-61H,13-21H2,1-12H3/t23-,24?,25?,26?,27?,28?,29?,30?,31-,32?,33?,34?,35?,36?,37-,38+,39?,40?,41?,42?,43?,44?,45?,46+,47?,48?,49?,50?,51?,52?,53?,54?,55?,56?,57?,58?,59?,60?,61?,63+/m0/s1. The fraction of sp³-hybridized carbons (Fsp3) is 1.00. The van der Waals surface area contributed by atoms with Gasteiger partial charge in [0.05, 0.1) is 0 Å². The van der Waals surface area contributed by atoms with Gasteiger partial charge in [0.1, 0.15) is 0 Å². The molecule has 40 atom stereocenters. The second-order valence-electron chi connectivity index (χ2n) is 31.8. The minimum Gasteiger partial charge on any atom is -0.0654 e. The average Bonchev–Trinajstić information content (AvgIpc) is 4.15. The molecule has 0 saturated heterocycles. The summed E-state index contributed by atoms with van der Waals surface area (Å²) in [7, 11) is 0. The van der Waals surface area contributed by atoms with Crippen molar-refractivity contribution in [2.45, 2.75) is 141 Å². The molecule has 0 heteroatoms. The Balaban J connectivity index is 0.536. The molecule has 17 rings (SSSR count). The van der Waals surface area contributed by atoms with E-state index in [2.05, 4.69) is 83.1 Å². The zero-order valence-electron chi connectivity index (χ0n) is 42.5. The van der Waals surface area contributed by atoms with E-state index in [-0.39, 0.29) is 0 Å². The fourth-order valence-electron chi connectivity index (χ4n) is 29.9. The first-order chi connectivity index (χ1) is 30.3. The fourth-order valence-corrected chi connectivity index (χ4v) is 29.9. The van der Waals surface area contributed by atoms with E-state index in [1.54, 1.807) is 51.4 Å². The van der Waals surface area contributed by atoms with Crippen LogP contribution < -0.4 is 0 Å². The quantitative estimate of drug-likeness (QED) is 0.162. The van der Waals surface area contributed by atoms with Gasteiger partial charge in [0.25, 0.3) is 0 Å². The largest absolute Gasteiger partial charge is 0.0654 e. The molecule has 0 aliphatic heterocycles. The van der Waals surface area contributed by atoms with Crippen molar-refractivity contribution < 1.29 is 0 Å². The van der Waals surface area contributed by atoms with E-state index in [1.807, 2.05) is 0 Å². The summed E-state index contributed by atoms with van der Waals surface area (Å²) < 4.78 is 0. The zero-order valence-corrected chi connectivity index (χ0v) is 42.5. The minimum absolute atomic E-state index is 0.792. The molecule has 0 radical (unpaired) electrons. The van der Waals surface area contributed by atoms with Gasteiger partial charge in [0, 0.05) is 0 Å². The molecule has 0 aromatic heterocycles. The van der Waals surface area contributed by atoms with Crippen molar-refractivity contribution in [3.63, 3.8) is 0 Å². The first kappa shape index (κ1) is 38.8. The zero-order chi connectivity index (χ0) is 42.5. The van der Waals surface area contributed by atoms with Crippen molar-refractivity contribution in [3.05, 3.63) is 0 Å². The lowest BCUT2D eigenvalue weighted by Gasteiger charge is -2.97. The first-order valence-electron chi connectivity index (χ1n) is 30.3. The van der Waals surface area contributed by atoms with Gasteiger partial charge in [-0.3, -0.25) is 0 Å². The molecule has 0 aromatic rings. The Kier molecular flexibility index (Phi) is 7.15. The monoisotopic (exact) mass is 851 g/mol. The van der Waals surface area contributed by atoms with Crippen LogP contribution >= 0.6 is 0 Å². The van der Waals surface area contributed by atoms with E-state index in [0.29, 0.717) is 0 Å². The highest BCUT2D eigenvalue weighted by Gasteiger charge is 2.93. The van der Waals surface area contributed by atoms with Gasteiger partial charge in [0.2, 0.25) is 0 Å². The van der Waals surface area contributed by atoms with Crippen LogP contribution in [-0.4, -0.2) is 0 Å². The highest BCUT2D eigenvalue weighted by atomic mass is 15.0. The summed E-state index contributed by atoms with van der Waals surface area (Å²) in [5, 5.41) is 0. The Morgan fingerprint density at radius 2 is 1.05 bits per heavy atom. The molecule has 346 valence electrons. The van der Waals surface area contributed by atoms with Crippen LogP contribution in [0.5, 0.6) is 0 Å². The lowest BCUT2D eigenvalue weighted by atomic mass is 9.08. The summed E-state index contributed by atoms with van der Waals surface area (Å²) in [4.78, 5) is 0. The maximum Gasteiger partial charge on any atom is -0.0204 e. The van der Waals surface area contributed by atoms with Crippen molar-refractivity contribution >= 4 is 0 Å². The highest BCUT2D eigenvalue weighted by molar-refractivity contribution is 5.40. The molecule has 17 saturated carbocycles. The lowest BCUT2D eigenvalue weighted by molar-refractivity contribution is -0.500. The molecule has 0 spiro atoms. The van der Waals surface area contributed by atoms with Crippen LogP contribution in [0.4, 0.5) is 0 Å². The van der Waals surface area contributed by atoms with Crippen LogP contribution in [0.3, 0.4) is 0 Å². The molecular formula is C63H94. The van der Waals surface area contributed by atoms with Crippen LogP contribution in [-0.2, 0) is 0 Å². The summed E-state index contributed by atoms with van der Waals surface area (Å²) in [6.45, 7) is 32.6. The number of hydrogen-bond acceptors (Lipinski definition) is 0. The molecule has 0 heterocycles. The molecule has 17 aliphatic carbocycles. The minimum atomic E-state index is 0.792. The molecule has 0 N–H and O–H groups in total. The van der Waals surface area contributed by atoms with Gasteiger partial charge < -0.3 is 0 Å². The third kappa shape index (κ3) is 3.81. The lowest BCUT2D eigenvalue weighted by Crippen LogP contribution is -2.93. The molecule has 0 nitrogen and oxygen atoms in total. The summed E-state index contributed by atoms with van der Waals surface area (Å²) in [6.07, 6.45) is 14.2. The second-order valence-corrected chi connectivity index (χ2v) is 31.8. The third-order valence-electron chi connectivity index (χ3n) is 31.9. The molecule has 17 aliphatic rings. The maximum atomic E-state index is 2.85. The Hall–Kier alpha value is 0. The van der Waals surface area contributed by atoms with Gasteiger partial charge >= 0.3 is 0 Å². The molecule has 0 amide bonds. The molecule has 17 fully saturated rings. The average molecular weight is 851 g/mol. The Labute approximate surface area is 386 Å². The van der Waals surface area contributed by atoms with Gasteiger partial charge in [-0.1, -0.05) is 89.5 Å². The summed E-state index contributed by atoms with van der Waals surface area (Å²) >= 11 is 0. The van der Waals surface area contributed by atoms with Crippen molar-refractivity contribution in [3.8, 4) is 0 Å². The molecular weight excluding hydrogens is 757 g/mol. The smallest absolute Gasteiger partial charge is 0.0204 e. The van der Waals surface area contributed by atoms with E-state index in [9.17, 15) is 0 Å². The molecule has 63 heavy (non-hydrogen) atoms. The third-order valence-corrected chi connectivity index (χ3v) is 31.9. The normalized spacial score (nSPS) is 71.2. The van der Waals surface area contributed by atoms with E-state index in [4.69, 9.17) is 0 Å². The van der Waals surface area contributed by atoms with Gasteiger partial charge in [-0.15, -0.1) is 0 Å². The Morgan fingerprint density at radius 3 is 1.59 bits per heavy atom. The van der Waals surface area contributed by atoms with Crippen LogP contribution in [0, 0.1) is 248 Å². The SMILES string of the molecule is CCCC1(C2C(C)C3C4C5C6C7C(C8C9C%10C(C)C(C(C)[C@H](C)[C@@]%11%12C[C@@H]%11[C@@H]%11C(C(C)C(C(C)C)C%13CC(C)C%13C(C)C%13CC%14C%13C(C)C%14C%13C[C@@H]%13C)C[C@@H]%11%12)C%10C9C87)C6C5C4C32)CC1. The van der Waals surface area contributed by atoms with Gasteiger partial charge in [-0.25, -0.2) is 0 Å². The van der Waals surface area contributed by atoms with Crippen molar-refractivity contribution in [1.82, 2.24) is 0 Å². The predicted molar refractivity (Wildman–Crippen MR) is 254 cm³/mol. The van der Waals surface area contributed by atoms with Crippen molar-refractivity contribution in [1.29, 1.82) is 0 Å². The molecule has 34 unspecified atom stereocenters. The second kappa shape index (κ2) is 11.6. The number of rotatable bonds is 13. The first-order valence-corrected chi connectivity index (χ1v) is 30.3. The van der Waals surface area contributed by atoms with E-state index in [1.165, 1.54) is 101 Å². The number of hydrogen-bond donors (Lipinski definition) is 0. The van der Waals surface area contributed by atoms with Crippen LogP contribution in [0.25, 0.3) is 0 Å². The summed E-state index contributed by atoms with van der Waals surface area (Å²) in [6, 6.07) is 0.